The van der Waals surface area contributed by atoms with Crippen LogP contribution in [0.1, 0.15) is 60.1 Å². The summed E-state index contributed by atoms with van der Waals surface area (Å²) in [4.78, 5) is 31.7. The third-order valence-corrected chi connectivity index (χ3v) is 8.72. The SMILES string of the molecule is CC1=C(/C=C/C(C)=C/C=C/C(C)=C/C=O)C(C)(C)CCC1.Nc1ncnc2c1ncn2[C@@H]1O[C@@H]2COP(=O)(O)O[C@H]2[C@H]1O. The molecule has 4 heterocycles. The Balaban J connectivity index is 0.000000197. The number of aliphatic hydroxyl groups is 1. The molecule has 2 aromatic rings. The molecular formula is C30H40N5O7P. The van der Waals surface area contributed by atoms with Crippen LogP contribution in [0, 0.1) is 5.41 Å². The molecule has 232 valence electrons. The summed E-state index contributed by atoms with van der Waals surface area (Å²) in [5.74, 6) is 0.202. The number of aliphatic hydroxyl groups excluding tert-OH is 1. The molecule has 2 aromatic heterocycles. The number of nitrogens with two attached hydrogens (primary N) is 1. The lowest BCUT2D eigenvalue weighted by Crippen LogP contribution is -2.39. The number of carbonyl (C=O) groups is 1. The number of rotatable bonds is 6. The number of aromatic nitrogens is 4. The summed E-state index contributed by atoms with van der Waals surface area (Å²) in [5.41, 5.74) is 11.9. The maximum absolute atomic E-state index is 11.5. The molecule has 2 fully saturated rings. The zero-order valence-corrected chi connectivity index (χ0v) is 26.0. The Morgan fingerprint density at radius 1 is 1.19 bits per heavy atom. The van der Waals surface area contributed by atoms with Gasteiger partial charge in [0.15, 0.2) is 17.7 Å². The van der Waals surface area contributed by atoms with E-state index in [0.717, 1.165) is 11.9 Å². The monoisotopic (exact) mass is 613 g/mol. The molecule has 1 aliphatic carbocycles. The van der Waals surface area contributed by atoms with Gasteiger partial charge in [-0.05, 0) is 62.7 Å². The average molecular weight is 614 g/mol. The van der Waals surface area contributed by atoms with Crippen LogP contribution in [0.15, 0.2) is 71.4 Å². The fourth-order valence-electron chi connectivity index (χ4n) is 5.42. The van der Waals surface area contributed by atoms with Gasteiger partial charge in [-0.1, -0.05) is 55.4 Å². The predicted molar refractivity (Wildman–Crippen MR) is 162 cm³/mol. The van der Waals surface area contributed by atoms with Gasteiger partial charge in [-0.25, -0.2) is 19.5 Å². The van der Waals surface area contributed by atoms with Crippen molar-refractivity contribution in [3.05, 3.63) is 71.4 Å². The van der Waals surface area contributed by atoms with E-state index in [1.165, 1.54) is 53.2 Å². The summed E-state index contributed by atoms with van der Waals surface area (Å²) >= 11 is 0. The maximum Gasteiger partial charge on any atom is 0.472 e. The van der Waals surface area contributed by atoms with Gasteiger partial charge in [0.05, 0.1) is 12.9 Å². The zero-order chi connectivity index (χ0) is 31.4. The Morgan fingerprint density at radius 3 is 2.65 bits per heavy atom. The predicted octanol–water partition coefficient (Wildman–Crippen LogP) is 4.90. The number of anilines is 1. The summed E-state index contributed by atoms with van der Waals surface area (Å²) in [5, 5.41) is 10.4. The van der Waals surface area contributed by atoms with Crippen LogP contribution >= 0.6 is 7.82 Å². The summed E-state index contributed by atoms with van der Waals surface area (Å²) in [6.45, 7) is 10.8. The Bertz CT molecular complexity index is 1540. The van der Waals surface area contributed by atoms with Gasteiger partial charge in [0.1, 0.15) is 36.4 Å². The van der Waals surface area contributed by atoms with Crippen LogP contribution in [0.25, 0.3) is 11.2 Å². The van der Waals surface area contributed by atoms with Gasteiger partial charge in [0.25, 0.3) is 0 Å². The highest BCUT2D eigenvalue weighted by molar-refractivity contribution is 7.47. The van der Waals surface area contributed by atoms with E-state index in [9.17, 15) is 19.4 Å². The molecule has 0 saturated carbocycles. The number of carbonyl (C=O) groups excluding carboxylic acids is 1. The molecule has 5 atom stereocenters. The number of nitrogen functional groups attached to an aromatic ring is 1. The lowest BCUT2D eigenvalue weighted by molar-refractivity contribution is -0.104. The minimum absolute atomic E-state index is 0.157. The quantitative estimate of drug-likeness (QED) is 0.175. The van der Waals surface area contributed by atoms with E-state index in [1.807, 2.05) is 19.1 Å². The number of aldehydes is 1. The van der Waals surface area contributed by atoms with Crippen molar-refractivity contribution >= 4 is 31.1 Å². The topological polar surface area (TPSA) is 172 Å². The smallest absolute Gasteiger partial charge is 0.386 e. The summed E-state index contributed by atoms with van der Waals surface area (Å²) < 4.78 is 28.2. The number of phosphoric acid groups is 1. The number of fused-ring (bicyclic) bond motifs is 2. The minimum Gasteiger partial charge on any atom is -0.386 e. The molecule has 0 amide bonds. The Labute approximate surface area is 251 Å². The minimum atomic E-state index is -4.16. The van der Waals surface area contributed by atoms with Crippen LogP contribution in [-0.4, -0.2) is 60.7 Å². The molecule has 1 unspecified atom stereocenters. The first kappa shape index (κ1) is 32.7. The van der Waals surface area contributed by atoms with Gasteiger partial charge in [0, 0.05) is 0 Å². The van der Waals surface area contributed by atoms with Crippen molar-refractivity contribution in [2.24, 2.45) is 5.41 Å². The standard InChI is InChI=1S/C20H28O.C10H12N5O6P/c1-16(8-6-9-17(2)13-15-21)11-12-19-18(3)10-7-14-20(19,4)5;11-8-5-9(13-2-12-8)15(3-14-5)10-6(16)7-4(20-10)1-19-22(17,18)21-7/h6,8-9,11-13,15H,7,10,14H2,1-5H3;2-4,6-7,10,16H,1H2,(H,17,18)(H2,11,12,13)/b9-6+,12-11+,16-8+,17-13+;/t;4-,6-,7-,10-/m.1/s1. The second-order valence-electron chi connectivity index (χ2n) is 11.6. The highest BCUT2D eigenvalue weighted by Crippen LogP contribution is 2.52. The lowest BCUT2D eigenvalue weighted by atomic mass is 9.72. The summed E-state index contributed by atoms with van der Waals surface area (Å²) in [6, 6.07) is 0. The van der Waals surface area contributed by atoms with Crippen molar-refractivity contribution in [1.29, 1.82) is 0 Å². The molecule has 3 aliphatic rings. The van der Waals surface area contributed by atoms with Crippen LogP contribution < -0.4 is 5.73 Å². The second-order valence-corrected chi connectivity index (χ2v) is 13.0. The zero-order valence-electron chi connectivity index (χ0n) is 25.1. The lowest BCUT2D eigenvalue weighted by Gasteiger charge is -2.32. The van der Waals surface area contributed by atoms with E-state index in [-0.39, 0.29) is 17.8 Å². The van der Waals surface area contributed by atoms with Crippen molar-refractivity contribution in [2.75, 3.05) is 12.3 Å². The van der Waals surface area contributed by atoms with Crippen molar-refractivity contribution in [1.82, 2.24) is 19.5 Å². The van der Waals surface area contributed by atoms with Crippen molar-refractivity contribution in [3.8, 4) is 0 Å². The molecule has 4 N–H and O–H groups in total. The Hall–Kier alpha value is -3.25. The van der Waals surface area contributed by atoms with Gasteiger partial charge in [-0.15, -0.1) is 0 Å². The van der Waals surface area contributed by atoms with E-state index in [0.29, 0.717) is 11.2 Å². The second kappa shape index (κ2) is 13.6. The number of phosphoric ester groups is 1. The van der Waals surface area contributed by atoms with Gasteiger partial charge in [-0.2, -0.15) is 0 Å². The average Bonchev–Trinajstić information content (AvgIpc) is 3.49. The molecule has 12 nitrogen and oxygen atoms in total. The molecule has 2 saturated heterocycles. The Kier molecular flexibility index (Phi) is 10.3. The van der Waals surface area contributed by atoms with Crippen LogP contribution in [-0.2, 0) is 23.1 Å². The molecule has 2 aliphatic heterocycles. The first-order valence-electron chi connectivity index (χ1n) is 14.1. The first-order chi connectivity index (χ1) is 20.3. The van der Waals surface area contributed by atoms with Crippen LogP contribution in [0.2, 0.25) is 0 Å². The Morgan fingerprint density at radius 2 is 1.93 bits per heavy atom. The molecule has 0 spiro atoms. The fourth-order valence-corrected chi connectivity index (χ4v) is 6.38. The molecule has 0 aromatic carbocycles. The highest BCUT2D eigenvalue weighted by atomic mass is 31.2. The van der Waals surface area contributed by atoms with E-state index in [4.69, 9.17) is 15.0 Å². The van der Waals surface area contributed by atoms with Crippen molar-refractivity contribution in [3.63, 3.8) is 0 Å². The summed E-state index contributed by atoms with van der Waals surface area (Å²) in [7, 11) is -4.16. The molecule has 0 bridgehead atoms. The molecule has 5 rings (SSSR count). The summed E-state index contributed by atoms with van der Waals surface area (Å²) in [6.07, 6.45) is 15.6. The fraction of sp³-hybridized carbons (Fsp3) is 0.467. The number of hydrogen-bond acceptors (Lipinski definition) is 10. The van der Waals surface area contributed by atoms with E-state index in [2.05, 4.69) is 65.4 Å². The van der Waals surface area contributed by atoms with Crippen LogP contribution in [0.4, 0.5) is 5.82 Å². The van der Waals surface area contributed by atoms with E-state index >= 15 is 0 Å². The number of allylic oxidation sites excluding steroid dienone is 10. The first-order valence-corrected chi connectivity index (χ1v) is 15.6. The number of nitrogens with zero attached hydrogens (tertiary/aromatic N) is 4. The van der Waals surface area contributed by atoms with Crippen molar-refractivity contribution in [2.45, 2.75) is 78.4 Å². The van der Waals surface area contributed by atoms with E-state index in [1.54, 1.807) is 6.08 Å². The number of imidazole rings is 1. The maximum atomic E-state index is 11.5. The molecule has 0 radical (unpaired) electrons. The van der Waals surface area contributed by atoms with Gasteiger partial charge >= 0.3 is 7.82 Å². The largest absolute Gasteiger partial charge is 0.472 e. The number of hydrogen-bond donors (Lipinski definition) is 3. The third kappa shape index (κ3) is 7.83. The van der Waals surface area contributed by atoms with Gasteiger partial charge < -0.3 is 20.5 Å². The van der Waals surface area contributed by atoms with E-state index < -0.39 is 32.4 Å². The third-order valence-electron chi connectivity index (χ3n) is 7.73. The van der Waals surface area contributed by atoms with Gasteiger partial charge in [-0.3, -0.25) is 18.4 Å². The van der Waals surface area contributed by atoms with Gasteiger partial charge in [0.2, 0.25) is 0 Å². The number of ether oxygens (including phenoxy) is 1. The molecular weight excluding hydrogens is 573 g/mol. The molecule has 13 heteroatoms. The molecule has 43 heavy (non-hydrogen) atoms. The van der Waals surface area contributed by atoms with Crippen LogP contribution in [0.3, 0.4) is 0 Å². The highest BCUT2D eigenvalue weighted by Gasteiger charge is 2.52. The normalized spacial score (nSPS) is 29.7. The van der Waals surface area contributed by atoms with Crippen LogP contribution in [0.5, 0.6) is 0 Å². The van der Waals surface area contributed by atoms with Crippen molar-refractivity contribution < 1.29 is 33.1 Å².